The van der Waals surface area contributed by atoms with Gasteiger partial charge in [0.15, 0.2) is 0 Å². The lowest BCUT2D eigenvalue weighted by Gasteiger charge is -2.31. The van der Waals surface area contributed by atoms with E-state index in [1.807, 2.05) is 14.0 Å². The maximum absolute atomic E-state index is 12.6. The van der Waals surface area contributed by atoms with Gasteiger partial charge in [-0.2, -0.15) is 0 Å². The van der Waals surface area contributed by atoms with E-state index in [1.54, 1.807) is 6.07 Å². The zero-order valence-corrected chi connectivity index (χ0v) is 14.9. The topological polar surface area (TPSA) is 58.2 Å². The molecule has 2 N–H and O–H groups in total. The Labute approximate surface area is 132 Å². The third kappa shape index (κ3) is 4.28. The Morgan fingerprint density at radius 2 is 1.86 bits per heavy atom. The highest BCUT2D eigenvalue weighted by Gasteiger charge is 2.29. The van der Waals surface area contributed by atoms with Crippen molar-refractivity contribution in [1.29, 1.82) is 0 Å². The molecule has 0 spiro atoms. The Morgan fingerprint density at radius 3 is 2.43 bits per heavy atom. The van der Waals surface area contributed by atoms with E-state index in [4.69, 9.17) is 0 Å². The largest absolute Gasteiger partial charge is 0.315 e. The minimum Gasteiger partial charge on any atom is -0.315 e. The maximum Gasteiger partial charge on any atom is 0.250 e. The highest BCUT2D eigenvalue weighted by atomic mass is 32.2. The summed E-state index contributed by atoms with van der Waals surface area (Å²) in [4.78, 5) is 1.09. The Bertz CT molecular complexity index is 570. The van der Waals surface area contributed by atoms with E-state index in [2.05, 4.69) is 23.9 Å². The van der Waals surface area contributed by atoms with Gasteiger partial charge in [-0.15, -0.1) is 11.3 Å². The first-order valence-corrected chi connectivity index (χ1v) is 9.88. The average molecular weight is 331 g/mol. The zero-order chi connectivity index (χ0) is 15.6. The van der Waals surface area contributed by atoms with Gasteiger partial charge in [0, 0.05) is 17.5 Å². The maximum atomic E-state index is 12.6. The summed E-state index contributed by atoms with van der Waals surface area (Å²) >= 11 is 1.37. The lowest BCUT2D eigenvalue weighted by atomic mass is 9.81. The second-order valence-electron chi connectivity index (χ2n) is 6.44. The van der Waals surface area contributed by atoms with Crippen molar-refractivity contribution in [3.63, 3.8) is 0 Å². The van der Waals surface area contributed by atoms with Crippen LogP contribution in [0.5, 0.6) is 0 Å². The van der Waals surface area contributed by atoms with Gasteiger partial charge in [-0.25, -0.2) is 13.1 Å². The van der Waals surface area contributed by atoms with Crippen molar-refractivity contribution in [3.05, 3.63) is 16.5 Å². The van der Waals surface area contributed by atoms with E-state index in [9.17, 15) is 8.42 Å². The first-order valence-electron chi connectivity index (χ1n) is 7.58. The average Bonchev–Trinajstić information content (AvgIpc) is 2.70. The van der Waals surface area contributed by atoms with Crippen molar-refractivity contribution >= 4 is 21.4 Å². The molecule has 120 valence electrons. The highest BCUT2D eigenvalue weighted by Crippen LogP contribution is 2.31. The second kappa shape index (κ2) is 6.77. The van der Waals surface area contributed by atoms with Gasteiger partial charge in [0.1, 0.15) is 4.21 Å². The monoisotopic (exact) mass is 330 g/mol. The van der Waals surface area contributed by atoms with Crippen LogP contribution in [0.2, 0.25) is 0 Å². The first-order chi connectivity index (χ1) is 9.81. The van der Waals surface area contributed by atoms with Crippen molar-refractivity contribution in [1.82, 2.24) is 10.0 Å². The van der Waals surface area contributed by atoms with Gasteiger partial charge in [-0.3, -0.25) is 0 Å². The quantitative estimate of drug-likeness (QED) is 0.873. The summed E-state index contributed by atoms with van der Waals surface area (Å²) in [6.07, 6.45) is 3.08. The predicted molar refractivity (Wildman–Crippen MR) is 88.1 cm³/mol. The Hall–Kier alpha value is -0.430. The van der Waals surface area contributed by atoms with E-state index >= 15 is 0 Å². The van der Waals surface area contributed by atoms with E-state index in [0.717, 1.165) is 23.3 Å². The van der Waals surface area contributed by atoms with Crippen LogP contribution in [0.3, 0.4) is 0 Å². The van der Waals surface area contributed by atoms with E-state index in [-0.39, 0.29) is 6.04 Å². The van der Waals surface area contributed by atoms with Crippen LogP contribution >= 0.6 is 11.3 Å². The molecule has 0 bridgehead atoms. The lowest BCUT2D eigenvalue weighted by Crippen LogP contribution is -2.39. The molecule has 6 heteroatoms. The van der Waals surface area contributed by atoms with Gasteiger partial charge in [0.05, 0.1) is 0 Å². The molecule has 21 heavy (non-hydrogen) atoms. The van der Waals surface area contributed by atoms with Crippen molar-refractivity contribution in [3.8, 4) is 0 Å². The summed E-state index contributed by atoms with van der Waals surface area (Å²) in [6, 6.07) is 1.86. The molecule has 0 radical (unpaired) electrons. The normalized spacial score (nSPS) is 27.0. The van der Waals surface area contributed by atoms with Crippen LogP contribution in [-0.4, -0.2) is 21.5 Å². The Morgan fingerprint density at radius 1 is 1.24 bits per heavy atom. The molecule has 4 nitrogen and oxygen atoms in total. The first kappa shape index (κ1) is 16.9. The summed E-state index contributed by atoms with van der Waals surface area (Å²) in [5.41, 5.74) is 1.04. The second-order valence-corrected chi connectivity index (χ2v) is 9.52. The van der Waals surface area contributed by atoms with Crippen LogP contribution in [0.4, 0.5) is 0 Å². The number of thiophene rings is 1. The van der Waals surface area contributed by atoms with Crippen LogP contribution in [-0.2, 0) is 16.6 Å². The van der Waals surface area contributed by atoms with Gasteiger partial charge >= 0.3 is 0 Å². The summed E-state index contributed by atoms with van der Waals surface area (Å²) in [7, 11) is -1.51. The molecule has 2 rings (SSSR count). The van der Waals surface area contributed by atoms with Crippen LogP contribution in [0.25, 0.3) is 0 Å². The molecule has 1 aliphatic carbocycles. The molecule has 1 aromatic rings. The summed E-state index contributed by atoms with van der Waals surface area (Å²) in [6.45, 7) is 7.09. The zero-order valence-electron chi connectivity index (χ0n) is 13.3. The van der Waals surface area contributed by atoms with Crippen molar-refractivity contribution in [2.24, 2.45) is 11.8 Å². The van der Waals surface area contributed by atoms with Crippen LogP contribution < -0.4 is 10.0 Å². The molecule has 1 aromatic heterocycles. The number of hydrogen-bond acceptors (Lipinski definition) is 4. The minimum atomic E-state index is -3.39. The number of rotatable bonds is 5. The molecular weight excluding hydrogens is 304 g/mol. The van der Waals surface area contributed by atoms with Gasteiger partial charge < -0.3 is 5.32 Å². The van der Waals surface area contributed by atoms with Crippen LogP contribution in [0, 0.1) is 18.8 Å². The Kier molecular flexibility index (Phi) is 5.46. The van der Waals surface area contributed by atoms with Crippen LogP contribution in [0.15, 0.2) is 10.3 Å². The molecular formula is C15H26N2O2S2. The third-order valence-corrected chi connectivity index (χ3v) is 7.33. The minimum absolute atomic E-state index is 0.0731. The highest BCUT2D eigenvalue weighted by molar-refractivity contribution is 7.91. The SMILES string of the molecule is CNCc1sc(S(=O)(=O)NC2CC(C)CC(C)C2)cc1C. The molecule has 1 saturated carbocycles. The summed E-state index contributed by atoms with van der Waals surface area (Å²) in [5, 5.41) is 3.08. The Balaban J connectivity index is 2.12. The van der Waals surface area contributed by atoms with E-state index < -0.39 is 10.0 Å². The van der Waals surface area contributed by atoms with Crippen LogP contribution in [0.1, 0.15) is 43.6 Å². The number of aryl methyl sites for hydroxylation is 1. The fourth-order valence-corrected chi connectivity index (χ4v) is 6.16. The molecule has 0 aromatic carbocycles. The number of hydrogen-bond donors (Lipinski definition) is 2. The van der Waals surface area contributed by atoms with E-state index in [1.165, 1.54) is 17.8 Å². The molecule has 1 heterocycles. The van der Waals surface area contributed by atoms with Gasteiger partial charge in [-0.1, -0.05) is 13.8 Å². The smallest absolute Gasteiger partial charge is 0.250 e. The third-order valence-electron chi connectivity index (χ3n) is 4.10. The lowest BCUT2D eigenvalue weighted by molar-refractivity contribution is 0.258. The predicted octanol–water partition coefficient (Wildman–Crippen LogP) is 2.88. The van der Waals surface area contributed by atoms with Gasteiger partial charge in [0.25, 0.3) is 0 Å². The molecule has 1 aliphatic rings. The molecule has 2 atom stereocenters. The van der Waals surface area contributed by atoms with Gasteiger partial charge in [0.2, 0.25) is 10.0 Å². The fraction of sp³-hybridized carbons (Fsp3) is 0.733. The molecule has 0 aliphatic heterocycles. The molecule has 2 unspecified atom stereocenters. The fourth-order valence-electron chi connectivity index (χ4n) is 3.28. The van der Waals surface area contributed by atoms with Crippen molar-refractivity contribution in [2.75, 3.05) is 7.05 Å². The van der Waals surface area contributed by atoms with E-state index in [0.29, 0.717) is 22.6 Å². The number of sulfonamides is 1. The number of nitrogens with one attached hydrogen (secondary N) is 2. The van der Waals surface area contributed by atoms with Crippen molar-refractivity contribution in [2.45, 2.75) is 56.8 Å². The molecule has 1 fully saturated rings. The summed E-state index contributed by atoms with van der Waals surface area (Å²) in [5.74, 6) is 1.18. The van der Waals surface area contributed by atoms with Gasteiger partial charge in [-0.05, 0) is 56.7 Å². The molecule has 0 amide bonds. The van der Waals surface area contributed by atoms with Crippen molar-refractivity contribution < 1.29 is 8.42 Å². The summed E-state index contributed by atoms with van der Waals surface area (Å²) < 4.78 is 28.5. The standard InChI is InChI=1S/C15H26N2O2S2/c1-10-5-11(2)7-13(6-10)17-21(18,19)15-8-12(3)14(20-15)9-16-4/h8,10-11,13,16-17H,5-7,9H2,1-4H3. The molecule has 0 saturated heterocycles.